The molecule has 1 fully saturated rings. The van der Waals surface area contributed by atoms with E-state index >= 15 is 0 Å². The number of urea groups is 1. The van der Waals surface area contributed by atoms with Crippen molar-refractivity contribution in [3.05, 3.63) is 59.7 Å². The van der Waals surface area contributed by atoms with Gasteiger partial charge in [0.05, 0.1) is 26.8 Å². The average molecular weight is 469 g/mol. The Hall–Kier alpha value is -3.26. The lowest BCUT2D eigenvalue weighted by Crippen LogP contribution is -2.54. The molecule has 0 spiro atoms. The first kappa shape index (κ1) is 25.4. The molecule has 8 heteroatoms. The van der Waals surface area contributed by atoms with Gasteiger partial charge < -0.3 is 24.6 Å². The standard InChI is InChI=1S/C26H36N4O4/c1-5-29(6-2)26(32)30-17-15-28(16-18-30)19-24(31)27-25(20-7-11-22(33-3)12-8-20)21-9-13-23(34-4)14-10-21/h7-14,25H,5-6,15-19H2,1-4H3,(H,27,31). The molecule has 0 aliphatic carbocycles. The number of nitrogens with one attached hydrogen (secondary N) is 1. The summed E-state index contributed by atoms with van der Waals surface area (Å²) in [6.45, 7) is 8.29. The Morgan fingerprint density at radius 2 is 1.32 bits per heavy atom. The number of benzene rings is 2. The van der Waals surface area contributed by atoms with Crippen LogP contribution in [-0.4, -0.2) is 86.7 Å². The van der Waals surface area contributed by atoms with Crippen molar-refractivity contribution in [3.63, 3.8) is 0 Å². The molecule has 3 rings (SSSR count). The highest BCUT2D eigenvalue weighted by Crippen LogP contribution is 2.26. The molecule has 0 saturated carbocycles. The predicted molar refractivity (Wildman–Crippen MR) is 132 cm³/mol. The van der Waals surface area contributed by atoms with E-state index < -0.39 is 0 Å². The van der Waals surface area contributed by atoms with Crippen molar-refractivity contribution >= 4 is 11.9 Å². The van der Waals surface area contributed by atoms with Crippen molar-refractivity contribution in [3.8, 4) is 11.5 Å². The highest BCUT2D eigenvalue weighted by atomic mass is 16.5. The summed E-state index contributed by atoms with van der Waals surface area (Å²) in [4.78, 5) is 31.4. The van der Waals surface area contributed by atoms with Crippen molar-refractivity contribution in [2.45, 2.75) is 19.9 Å². The second-order valence-electron chi connectivity index (χ2n) is 8.26. The zero-order valence-electron chi connectivity index (χ0n) is 20.6. The first-order valence-electron chi connectivity index (χ1n) is 11.8. The molecular formula is C26H36N4O4. The number of rotatable bonds is 9. The Morgan fingerprint density at radius 3 is 1.74 bits per heavy atom. The minimum absolute atomic E-state index is 0.0554. The summed E-state index contributed by atoms with van der Waals surface area (Å²) in [5.74, 6) is 1.47. The monoisotopic (exact) mass is 468 g/mol. The molecule has 0 bridgehead atoms. The van der Waals surface area contributed by atoms with Crippen molar-refractivity contribution in [2.75, 3.05) is 60.0 Å². The molecule has 1 N–H and O–H groups in total. The van der Waals surface area contributed by atoms with Crippen LogP contribution in [0.1, 0.15) is 31.0 Å². The summed E-state index contributed by atoms with van der Waals surface area (Å²) in [7, 11) is 3.26. The first-order chi connectivity index (χ1) is 16.5. The smallest absolute Gasteiger partial charge is 0.320 e. The second kappa shape index (κ2) is 12.3. The molecule has 0 aromatic heterocycles. The number of hydrogen-bond acceptors (Lipinski definition) is 5. The Morgan fingerprint density at radius 1 is 0.853 bits per heavy atom. The molecule has 3 amide bonds. The predicted octanol–water partition coefficient (Wildman–Crippen LogP) is 2.99. The summed E-state index contributed by atoms with van der Waals surface area (Å²) < 4.78 is 10.6. The molecule has 0 radical (unpaired) electrons. The summed E-state index contributed by atoms with van der Waals surface area (Å²) >= 11 is 0. The minimum Gasteiger partial charge on any atom is -0.497 e. The Kier molecular flexibility index (Phi) is 9.16. The second-order valence-corrected chi connectivity index (χ2v) is 8.26. The molecule has 2 aromatic carbocycles. The molecule has 1 aliphatic rings. The van der Waals surface area contributed by atoms with E-state index in [2.05, 4.69) is 10.2 Å². The number of methoxy groups -OCH3 is 2. The van der Waals surface area contributed by atoms with E-state index in [-0.39, 0.29) is 24.5 Å². The zero-order valence-corrected chi connectivity index (χ0v) is 20.6. The van der Waals surface area contributed by atoms with E-state index in [0.717, 1.165) is 22.6 Å². The average Bonchev–Trinajstić information content (AvgIpc) is 2.88. The van der Waals surface area contributed by atoms with Gasteiger partial charge in [0.1, 0.15) is 11.5 Å². The van der Waals surface area contributed by atoms with E-state index in [4.69, 9.17) is 9.47 Å². The maximum atomic E-state index is 13.0. The van der Waals surface area contributed by atoms with Crippen LogP contribution in [0, 0.1) is 0 Å². The van der Waals surface area contributed by atoms with Gasteiger partial charge in [-0.05, 0) is 49.2 Å². The van der Waals surface area contributed by atoms with Crippen LogP contribution in [0.2, 0.25) is 0 Å². The number of hydrogen-bond donors (Lipinski definition) is 1. The molecule has 184 valence electrons. The molecular weight excluding hydrogens is 432 g/mol. The highest BCUT2D eigenvalue weighted by molar-refractivity contribution is 5.79. The van der Waals surface area contributed by atoms with Gasteiger partial charge in [0.2, 0.25) is 5.91 Å². The molecule has 8 nitrogen and oxygen atoms in total. The van der Waals surface area contributed by atoms with Gasteiger partial charge in [-0.3, -0.25) is 9.69 Å². The van der Waals surface area contributed by atoms with Gasteiger partial charge in [0, 0.05) is 39.3 Å². The number of carbonyl (C=O) groups excluding carboxylic acids is 2. The van der Waals surface area contributed by atoms with Crippen LogP contribution >= 0.6 is 0 Å². The fourth-order valence-corrected chi connectivity index (χ4v) is 4.15. The normalized spacial score (nSPS) is 14.1. The quantitative estimate of drug-likeness (QED) is 0.613. The number of ether oxygens (including phenoxy) is 2. The topological polar surface area (TPSA) is 74.4 Å². The van der Waals surface area contributed by atoms with E-state index in [1.165, 1.54) is 0 Å². The molecule has 1 saturated heterocycles. The fourth-order valence-electron chi connectivity index (χ4n) is 4.15. The van der Waals surface area contributed by atoms with Crippen molar-refractivity contribution in [1.29, 1.82) is 0 Å². The first-order valence-corrected chi connectivity index (χ1v) is 11.8. The SMILES string of the molecule is CCN(CC)C(=O)N1CCN(CC(=O)NC(c2ccc(OC)cc2)c2ccc(OC)cc2)CC1. The summed E-state index contributed by atoms with van der Waals surface area (Å²) in [6.07, 6.45) is 0. The van der Waals surface area contributed by atoms with E-state index in [0.29, 0.717) is 39.3 Å². The molecule has 1 heterocycles. The summed E-state index contributed by atoms with van der Waals surface area (Å²) in [5, 5.41) is 3.19. The number of piperazine rings is 1. The van der Waals surface area contributed by atoms with Crippen LogP contribution in [0.25, 0.3) is 0 Å². The van der Waals surface area contributed by atoms with Gasteiger partial charge in [0.15, 0.2) is 0 Å². The van der Waals surface area contributed by atoms with Crippen LogP contribution in [0.4, 0.5) is 4.79 Å². The van der Waals surface area contributed by atoms with Crippen molar-refractivity contribution < 1.29 is 19.1 Å². The summed E-state index contributed by atoms with van der Waals surface area (Å²) in [5.41, 5.74) is 1.93. The Bertz CT molecular complexity index is 873. The lowest BCUT2D eigenvalue weighted by molar-refractivity contribution is -0.123. The third-order valence-corrected chi connectivity index (χ3v) is 6.25. The lowest BCUT2D eigenvalue weighted by Gasteiger charge is -2.37. The van der Waals surface area contributed by atoms with Crippen molar-refractivity contribution in [2.24, 2.45) is 0 Å². The molecule has 34 heavy (non-hydrogen) atoms. The molecule has 1 aliphatic heterocycles. The van der Waals surface area contributed by atoms with Gasteiger partial charge >= 0.3 is 6.03 Å². The largest absolute Gasteiger partial charge is 0.497 e. The van der Waals surface area contributed by atoms with Gasteiger partial charge in [-0.2, -0.15) is 0 Å². The number of nitrogens with zero attached hydrogens (tertiary/aromatic N) is 3. The lowest BCUT2D eigenvalue weighted by atomic mass is 9.98. The van der Waals surface area contributed by atoms with Crippen LogP contribution in [-0.2, 0) is 4.79 Å². The Labute approximate surface area is 202 Å². The molecule has 0 atom stereocenters. The van der Waals surface area contributed by atoms with Gasteiger partial charge in [-0.25, -0.2) is 4.79 Å². The Balaban J connectivity index is 1.64. The number of carbonyl (C=O) groups is 2. The fraction of sp³-hybridized carbons (Fsp3) is 0.462. The minimum atomic E-state index is -0.296. The van der Waals surface area contributed by atoms with Gasteiger partial charge in [-0.15, -0.1) is 0 Å². The van der Waals surface area contributed by atoms with E-state index in [9.17, 15) is 9.59 Å². The van der Waals surface area contributed by atoms with Crippen LogP contribution in [0.3, 0.4) is 0 Å². The van der Waals surface area contributed by atoms with Crippen LogP contribution < -0.4 is 14.8 Å². The molecule has 0 unspecified atom stereocenters. The van der Waals surface area contributed by atoms with E-state index in [1.54, 1.807) is 14.2 Å². The third-order valence-electron chi connectivity index (χ3n) is 6.25. The molecule has 2 aromatic rings. The van der Waals surface area contributed by atoms with Gasteiger partial charge in [-0.1, -0.05) is 24.3 Å². The maximum absolute atomic E-state index is 13.0. The van der Waals surface area contributed by atoms with Crippen molar-refractivity contribution in [1.82, 2.24) is 20.0 Å². The zero-order chi connectivity index (χ0) is 24.5. The van der Waals surface area contributed by atoms with Gasteiger partial charge in [0.25, 0.3) is 0 Å². The van der Waals surface area contributed by atoms with E-state index in [1.807, 2.05) is 72.2 Å². The van der Waals surface area contributed by atoms with Crippen LogP contribution in [0.5, 0.6) is 11.5 Å². The maximum Gasteiger partial charge on any atom is 0.320 e. The highest BCUT2D eigenvalue weighted by Gasteiger charge is 2.26. The number of amides is 3. The van der Waals surface area contributed by atoms with Crippen LogP contribution in [0.15, 0.2) is 48.5 Å². The summed E-state index contributed by atoms with van der Waals surface area (Å²) in [6, 6.07) is 15.2. The third kappa shape index (κ3) is 6.41.